The summed E-state index contributed by atoms with van der Waals surface area (Å²) in [5.41, 5.74) is 2.15. The van der Waals surface area contributed by atoms with Crippen molar-refractivity contribution in [1.82, 2.24) is 29.4 Å². The van der Waals surface area contributed by atoms with E-state index in [1.54, 1.807) is 38.6 Å². The van der Waals surface area contributed by atoms with E-state index in [1.165, 1.54) is 25.2 Å². The van der Waals surface area contributed by atoms with Crippen molar-refractivity contribution in [2.75, 3.05) is 18.1 Å². The molecular weight excluding hydrogens is 529 g/mol. The quantitative estimate of drug-likeness (QED) is 0.192. The van der Waals surface area contributed by atoms with Gasteiger partial charge in [0.2, 0.25) is 0 Å². The Balaban J connectivity index is 1.26. The highest BCUT2D eigenvalue weighted by Gasteiger charge is 2.41. The summed E-state index contributed by atoms with van der Waals surface area (Å²) in [5.74, 6) is 0.896. The molecule has 210 valence electrons. The zero-order valence-electron chi connectivity index (χ0n) is 23.1. The fraction of sp³-hybridized carbons (Fsp3) is 0.464. The lowest BCUT2D eigenvalue weighted by Crippen LogP contribution is -2.38. The molecule has 10 nitrogen and oxygen atoms in total. The van der Waals surface area contributed by atoms with Crippen LogP contribution in [0.3, 0.4) is 0 Å². The first kappa shape index (κ1) is 26.6. The third-order valence-corrected chi connectivity index (χ3v) is 9.50. The third-order valence-electron chi connectivity index (χ3n) is 7.80. The van der Waals surface area contributed by atoms with E-state index in [2.05, 4.69) is 34.8 Å². The Labute approximate surface area is 233 Å². The number of aromatic nitrogens is 6. The number of carbonyl (C=O) groups is 1. The van der Waals surface area contributed by atoms with Gasteiger partial charge in [0, 0.05) is 26.4 Å². The van der Waals surface area contributed by atoms with Gasteiger partial charge in [0.1, 0.15) is 31.3 Å². The molecule has 0 N–H and O–H groups in total. The number of anilines is 1. The van der Waals surface area contributed by atoms with Gasteiger partial charge in [-0.2, -0.15) is 10.2 Å². The van der Waals surface area contributed by atoms with Gasteiger partial charge in [-0.1, -0.05) is 38.5 Å². The van der Waals surface area contributed by atoms with Crippen LogP contribution in [0.15, 0.2) is 43.0 Å². The Morgan fingerprint density at radius 1 is 1.12 bits per heavy atom. The van der Waals surface area contributed by atoms with Gasteiger partial charge in [0.25, 0.3) is 0 Å². The van der Waals surface area contributed by atoms with Crippen molar-refractivity contribution >= 4 is 25.6 Å². The van der Waals surface area contributed by atoms with Crippen molar-refractivity contribution in [2.45, 2.75) is 64.1 Å². The van der Waals surface area contributed by atoms with Gasteiger partial charge in [-0.05, 0) is 48.6 Å². The molecule has 2 fully saturated rings. The summed E-state index contributed by atoms with van der Waals surface area (Å²) in [6, 6.07) is 7.76. The van der Waals surface area contributed by atoms with Crippen molar-refractivity contribution in [3.05, 3.63) is 48.8 Å². The van der Waals surface area contributed by atoms with E-state index in [0.717, 1.165) is 18.9 Å². The number of amides is 1. The van der Waals surface area contributed by atoms with Crippen molar-refractivity contribution in [1.29, 1.82) is 0 Å². The van der Waals surface area contributed by atoms with E-state index < -0.39 is 13.9 Å². The minimum atomic E-state index is -1.21. The van der Waals surface area contributed by atoms with Crippen molar-refractivity contribution in [2.24, 2.45) is 5.92 Å². The smallest absolute Gasteiger partial charge is 0.415 e. The number of hydrogen-bond donors (Lipinski definition) is 0. The molecule has 1 unspecified atom stereocenters. The second-order valence-corrected chi connectivity index (χ2v) is 17.4. The Morgan fingerprint density at radius 3 is 2.73 bits per heavy atom. The number of cyclic esters (lactones) is 1. The molecule has 40 heavy (non-hydrogen) atoms. The zero-order chi connectivity index (χ0) is 27.9. The number of ether oxygens (including phenoxy) is 2. The van der Waals surface area contributed by atoms with Gasteiger partial charge in [0.15, 0.2) is 11.5 Å². The zero-order valence-corrected chi connectivity index (χ0v) is 24.1. The molecule has 6 rings (SSSR count). The Bertz CT molecular complexity index is 1530. The van der Waals surface area contributed by atoms with Crippen LogP contribution in [0, 0.1) is 11.7 Å². The SMILES string of the molecule is C[Si](C)(C)CCOCn1ncnc1-c1ccc(-c2cnn3ccc(N4C(=O)OCC4C4CCCC4)nc23)cc1F. The van der Waals surface area contributed by atoms with Gasteiger partial charge >= 0.3 is 6.09 Å². The molecule has 3 aromatic heterocycles. The maximum Gasteiger partial charge on any atom is 0.415 e. The summed E-state index contributed by atoms with van der Waals surface area (Å²) in [7, 11) is -1.21. The number of hydrogen-bond acceptors (Lipinski definition) is 7. The fourth-order valence-electron chi connectivity index (χ4n) is 5.55. The van der Waals surface area contributed by atoms with Crippen LogP contribution in [-0.2, 0) is 16.2 Å². The van der Waals surface area contributed by atoms with Crippen LogP contribution in [-0.4, -0.2) is 62.8 Å². The summed E-state index contributed by atoms with van der Waals surface area (Å²) in [6.07, 6.45) is 8.98. The van der Waals surface area contributed by atoms with E-state index in [9.17, 15) is 4.79 Å². The van der Waals surface area contributed by atoms with Crippen LogP contribution in [0.4, 0.5) is 15.0 Å². The first-order chi connectivity index (χ1) is 19.3. The molecule has 4 heterocycles. The minimum absolute atomic E-state index is 0.0232. The summed E-state index contributed by atoms with van der Waals surface area (Å²) in [6.45, 7) is 8.11. The minimum Gasteiger partial charge on any atom is -0.447 e. The monoisotopic (exact) mass is 563 g/mol. The van der Waals surface area contributed by atoms with Crippen LogP contribution in [0.5, 0.6) is 0 Å². The van der Waals surface area contributed by atoms with Crippen LogP contribution < -0.4 is 4.90 Å². The lowest BCUT2D eigenvalue weighted by molar-refractivity contribution is 0.0796. The predicted molar refractivity (Wildman–Crippen MR) is 151 cm³/mol. The third kappa shape index (κ3) is 5.25. The van der Waals surface area contributed by atoms with Crippen LogP contribution in [0.2, 0.25) is 25.7 Å². The molecule has 2 aliphatic rings. The van der Waals surface area contributed by atoms with Crippen LogP contribution >= 0.6 is 0 Å². The molecule has 12 heteroatoms. The average molecular weight is 564 g/mol. The van der Waals surface area contributed by atoms with E-state index in [1.807, 2.05) is 6.07 Å². The highest BCUT2D eigenvalue weighted by Crippen LogP contribution is 2.36. The lowest BCUT2D eigenvalue weighted by Gasteiger charge is -2.25. The van der Waals surface area contributed by atoms with Gasteiger partial charge in [0.05, 0.1) is 17.8 Å². The van der Waals surface area contributed by atoms with Crippen LogP contribution in [0.1, 0.15) is 25.7 Å². The predicted octanol–water partition coefficient (Wildman–Crippen LogP) is 5.62. The Morgan fingerprint density at radius 2 is 1.95 bits per heavy atom. The van der Waals surface area contributed by atoms with Gasteiger partial charge in [-0.25, -0.2) is 28.4 Å². The topological polar surface area (TPSA) is 99.7 Å². The first-order valence-electron chi connectivity index (χ1n) is 13.8. The Kier molecular flexibility index (Phi) is 7.13. The number of nitrogens with zero attached hydrogens (tertiary/aromatic N) is 7. The molecule has 0 bridgehead atoms. The molecular formula is C28H34FN7O3Si. The molecule has 0 radical (unpaired) electrons. The van der Waals surface area contributed by atoms with Gasteiger partial charge < -0.3 is 9.47 Å². The fourth-order valence-corrected chi connectivity index (χ4v) is 6.30. The molecule has 1 saturated carbocycles. The summed E-state index contributed by atoms with van der Waals surface area (Å²) in [5, 5.41) is 8.64. The molecule has 1 saturated heterocycles. The van der Waals surface area contributed by atoms with Gasteiger partial charge in [-0.3, -0.25) is 4.90 Å². The molecule has 1 atom stereocenters. The number of rotatable bonds is 9. The standard InChI is InChI=1S/C28H34FN7O3Si/c1-40(2,3)13-12-38-18-35-26(30-17-32-35)21-9-8-20(14-23(21)29)22-15-31-34-11-10-25(33-27(22)34)36-24(16-39-28(36)37)19-6-4-5-7-19/h8-11,14-15,17,19,24H,4-7,12-13,16,18H2,1-3H3. The van der Waals surface area contributed by atoms with Crippen molar-refractivity contribution < 1.29 is 18.7 Å². The molecule has 1 aliphatic heterocycles. The first-order valence-corrected chi connectivity index (χ1v) is 17.6. The van der Waals surface area contributed by atoms with E-state index in [-0.39, 0.29) is 18.9 Å². The number of carbonyl (C=O) groups excluding carboxylic acids is 1. The van der Waals surface area contributed by atoms with Gasteiger partial charge in [-0.15, -0.1) is 0 Å². The Hall–Kier alpha value is -3.64. The van der Waals surface area contributed by atoms with E-state index >= 15 is 4.39 Å². The molecule has 1 amide bonds. The van der Waals surface area contributed by atoms with Crippen molar-refractivity contribution in [3.8, 4) is 22.5 Å². The molecule has 0 spiro atoms. The average Bonchev–Trinajstić information content (AvgIpc) is 3.72. The molecule has 4 aromatic rings. The highest BCUT2D eigenvalue weighted by atomic mass is 28.3. The second kappa shape index (κ2) is 10.7. The molecule has 1 aliphatic carbocycles. The van der Waals surface area contributed by atoms with E-state index in [0.29, 0.717) is 53.1 Å². The summed E-state index contributed by atoms with van der Waals surface area (Å²) in [4.78, 5) is 23.5. The van der Waals surface area contributed by atoms with Crippen molar-refractivity contribution in [3.63, 3.8) is 0 Å². The number of benzene rings is 1. The largest absolute Gasteiger partial charge is 0.447 e. The maximum atomic E-state index is 15.5. The normalized spacial score (nSPS) is 18.2. The number of fused-ring (bicyclic) bond motifs is 1. The number of halogens is 1. The second-order valence-electron chi connectivity index (χ2n) is 11.8. The maximum absolute atomic E-state index is 15.5. The highest BCUT2D eigenvalue weighted by molar-refractivity contribution is 6.76. The lowest BCUT2D eigenvalue weighted by atomic mass is 9.98. The molecule has 1 aromatic carbocycles. The van der Waals surface area contributed by atoms with Crippen LogP contribution in [0.25, 0.3) is 28.2 Å². The summed E-state index contributed by atoms with van der Waals surface area (Å²) < 4.78 is 29.9. The summed E-state index contributed by atoms with van der Waals surface area (Å²) >= 11 is 0. The van der Waals surface area contributed by atoms with E-state index in [4.69, 9.17) is 14.5 Å².